The predicted octanol–water partition coefficient (Wildman–Crippen LogP) is 1.05. The first kappa shape index (κ1) is 8.12. The highest BCUT2D eigenvalue weighted by Gasteiger charge is 2.32. The van der Waals surface area contributed by atoms with Crippen molar-refractivity contribution in [1.29, 1.82) is 0 Å². The first-order valence-corrected chi connectivity index (χ1v) is 5.03. The third-order valence-corrected chi connectivity index (χ3v) is 2.86. The number of rotatable bonds is 0. The van der Waals surface area contributed by atoms with Crippen LogP contribution in [0.15, 0.2) is 24.3 Å². The molecule has 74 valence electrons. The van der Waals surface area contributed by atoms with Gasteiger partial charge >= 0.3 is 0 Å². The molecule has 0 amide bonds. The van der Waals surface area contributed by atoms with Crippen molar-refractivity contribution in [2.45, 2.75) is 6.10 Å². The maximum atomic E-state index is 5.89. The van der Waals surface area contributed by atoms with Crippen LogP contribution >= 0.6 is 0 Å². The van der Waals surface area contributed by atoms with E-state index in [1.807, 2.05) is 24.3 Å². The maximum Gasteiger partial charge on any atom is 0.161 e. The summed E-state index contributed by atoms with van der Waals surface area (Å²) in [4.78, 5) is 0. The SMILES string of the molecule is c1ccc2c(c1)OCC1CNCC1O2. The molecule has 1 aromatic rings. The highest BCUT2D eigenvalue weighted by molar-refractivity contribution is 5.40. The fourth-order valence-electron chi connectivity index (χ4n) is 2.04. The van der Waals surface area contributed by atoms with E-state index in [4.69, 9.17) is 9.47 Å². The topological polar surface area (TPSA) is 30.5 Å². The number of nitrogens with one attached hydrogen (secondary N) is 1. The molecule has 2 aliphatic heterocycles. The summed E-state index contributed by atoms with van der Waals surface area (Å²) < 4.78 is 11.6. The molecular formula is C11H13NO2. The molecule has 0 saturated carbocycles. The zero-order valence-corrected chi connectivity index (χ0v) is 7.90. The first-order chi connectivity index (χ1) is 6.93. The minimum Gasteiger partial charge on any atom is -0.489 e. The normalized spacial score (nSPS) is 29.4. The van der Waals surface area contributed by atoms with E-state index in [0.717, 1.165) is 31.2 Å². The fraction of sp³-hybridized carbons (Fsp3) is 0.455. The van der Waals surface area contributed by atoms with Gasteiger partial charge in [-0.25, -0.2) is 0 Å². The van der Waals surface area contributed by atoms with Gasteiger partial charge in [-0.3, -0.25) is 0 Å². The van der Waals surface area contributed by atoms with Gasteiger partial charge in [-0.05, 0) is 12.1 Å². The zero-order valence-electron chi connectivity index (χ0n) is 7.90. The lowest BCUT2D eigenvalue weighted by Crippen LogP contribution is -2.27. The molecule has 3 heteroatoms. The van der Waals surface area contributed by atoms with Gasteiger partial charge < -0.3 is 14.8 Å². The molecule has 14 heavy (non-hydrogen) atoms. The fourth-order valence-corrected chi connectivity index (χ4v) is 2.04. The monoisotopic (exact) mass is 191 g/mol. The second-order valence-corrected chi connectivity index (χ2v) is 3.83. The van der Waals surface area contributed by atoms with Crippen molar-refractivity contribution in [2.24, 2.45) is 5.92 Å². The van der Waals surface area contributed by atoms with Crippen LogP contribution in [-0.4, -0.2) is 25.8 Å². The van der Waals surface area contributed by atoms with Crippen LogP contribution in [0.3, 0.4) is 0 Å². The quantitative estimate of drug-likeness (QED) is 0.664. The predicted molar refractivity (Wildman–Crippen MR) is 52.7 cm³/mol. The van der Waals surface area contributed by atoms with Crippen LogP contribution in [0.5, 0.6) is 11.5 Å². The highest BCUT2D eigenvalue weighted by atomic mass is 16.5. The lowest BCUT2D eigenvalue weighted by atomic mass is 10.1. The largest absolute Gasteiger partial charge is 0.489 e. The maximum absolute atomic E-state index is 5.89. The van der Waals surface area contributed by atoms with E-state index < -0.39 is 0 Å². The van der Waals surface area contributed by atoms with Gasteiger partial charge in [0.25, 0.3) is 0 Å². The Bertz CT molecular complexity index is 340. The number of ether oxygens (including phenoxy) is 2. The van der Waals surface area contributed by atoms with E-state index in [0.29, 0.717) is 5.92 Å². The van der Waals surface area contributed by atoms with E-state index >= 15 is 0 Å². The molecule has 2 unspecified atom stereocenters. The lowest BCUT2D eigenvalue weighted by Gasteiger charge is -2.14. The average molecular weight is 191 g/mol. The van der Waals surface area contributed by atoms with Crippen molar-refractivity contribution in [3.05, 3.63) is 24.3 Å². The minimum absolute atomic E-state index is 0.277. The molecule has 1 fully saturated rings. The van der Waals surface area contributed by atoms with E-state index in [9.17, 15) is 0 Å². The van der Waals surface area contributed by atoms with E-state index in [1.54, 1.807) is 0 Å². The van der Waals surface area contributed by atoms with Crippen LogP contribution in [0.1, 0.15) is 0 Å². The Labute approximate surface area is 83.0 Å². The Morgan fingerprint density at radius 3 is 2.93 bits per heavy atom. The van der Waals surface area contributed by atoms with Gasteiger partial charge in [0, 0.05) is 19.0 Å². The Hall–Kier alpha value is -1.22. The van der Waals surface area contributed by atoms with Crippen molar-refractivity contribution in [1.82, 2.24) is 5.32 Å². The summed E-state index contributed by atoms with van der Waals surface area (Å²) >= 11 is 0. The Morgan fingerprint density at radius 1 is 1.14 bits per heavy atom. The van der Waals surface area contributed by atoms with Gasteiger partial charge in [-0.15, -0.1) is 0 Å². The zero-order chi connectivity index (χ0) is 9.38. The summed E-state index contributed by atoms with van der Waals surface area (Å²) in [7, 11) is 0. The molecule has 0 spiro atoms. The van der Waals surface area contributed by atoms with Crippen molar-refractivity contribution in [2.75, 3.05) is 19.7 Å². The summed E-state index contributed by atoms with van der Waals surface area (Å²) in [6, 6.07) is 7.88. The van der Waals surface area contributed by atoms with Gasteiger partial charge in [0.1, 0.15) is 6.10 Å². The third kappa shape index (κ3) is 1.24. The van der Waals surface area contributed by atoms with Crippen LogP contribution in [0, 0.1) is 5.92 Å². The highest BCUT2D eigenvalue weighted by Crippen LogP contribution is 2.32. The number of para-hydroxylation sites is 2. The molecule has 2 aliphatic rings. The summed E-state index contributed by atoms with van der Waals surface area (Å²) in [5.74, 6) is 2.24. The first-order valence-electron chi connectivity index (χ1n) is 5.03. The second kappa shape index (κ2) is 3.17. The second-order valence-electron chi connectivity index (χ2n) is 3.83. The molecule has 1 aromatic carbocycles. The molecular weight excluding hydrogens is 178 g/mol. The smallest absolute Gasteiger partial charge is 0.161 e. The van der Waals surface area contributed by atoms with Crippen molar-refractivity contribution >= 4 is 0 Å². The molecule has 0 radical (unpaired) electrons. The van der Waals surface area contributed by atoms with Gasteiger partial charge in [0.2, 0.25) is 0 Å². The summed E-state index contributed by atoms with van der Waals surface area (Å²) in [5, 5.41) is 3.32. The van der Waals surface area contributed by atoms with Gasteiger partial charge in [0.05, 0.1) is 6.61 Å². The molecule has 3 rings (SSSR count). The molecule has 3 nitrogen and oxygen atoms in total. The van der Waals surface area contributed by atoms with Crippen molar-refractivity contribution in [3.63, 3.8) is 0 Å². The number of fused-ring (bicyclic) bond motifs is 2. The summed E-state index contributed by atoms with van der Waals surface area (Å²) in [6.45, 7) is 2.69. The van der Waals surface area contributed by atoms with Crippen molar-refractivity contribution < 1.29 is 9.47 Å². The van der Waals surface area contributed by atoms with Crippen LogP contribution in [0.25, 0.3) is 0 Å². The molecule has 2 atom stereocenters. The summed E-state index contributed by atoms with van der Waals surface area (Å²) in [5.41, 5.74) is 0. The standard InChI is InChI=1S/C11H13NO2/c1-2-4-10-9(3-1)13-7-8-5-12-6-11(8)14-10/h1-4,8,11-12H,5-7H2. The molecule has 2 heterocycles. The van der Waals surface area contributed by atoms with Crippen LogP contribution in [0.2, 0.25) is 0 Å². The van der Waals surface area contributed by atoms with Gasteiger partial charge in [0.15, 0.2) is 11.5 Å². The van der Waals surface area contributed by atoms with Crippen LogP contribution in [-0.2, 0) is 0 Å². The van der Waals surface area contributed by atoms with Crippen molar-refractivity contribution in [3.8, 4) is 11.5 Å². The summed E-state index contributed by atoms with van der Waals surface area (Å²) in [6.07, 6.45) is 0.277. The average Bonchev–Trinajstić information content (AvgIpc) is 2.58. The number of benzene rings is 1. The van der Waals surface area contributed by atoms with E-state index in [-0.39, 0.29) is 6.10 Å². The molecule has 0 bridgehead atoms. The Kier molecular flexibility index (Phi) is 1.84. The van der Waals surface area contributed by atoms with Crippen LogP contribution in [0.4, 0.5) is 0 Å². The van der Waals surface area contributed by atoms with E-state index in [2.05, 4.69) is 5.32 Å². The molecule has 1 N–H and O–H groups in total. The molecule has 0 aliphatic carbocycles. The lowest BCUT2D eigenvalue weighted by molar-refractivity contribution is 0.164. The van der Waals surface area contributed by atoms with E-state index in [1.165, 1.54) is 0 Å². The number of hydrogen-bond donors (Lipinski definition) is 1. The van der Waals surface area contributed by atoms with Gasteiger partial charge in [-0.2, -0.15) is 0 Å². The molecule has 1 saturated heterocycles. The van der Waals surface area contributed by atoms with Crippen LogP contribution < -0.4 is 14.8 Å². The Morgan fingerprint density at radius 2 is 2.00 bits per heavy atom. The Balaban J connectivity index is 1.93. The minimum atomic E-state index is 0.277. The van der Waals surface area contributed by atoms with Gasteiger partial charge in [-0.1, -0.05) is 12.1 Å². The number of hydrogen-bond acceptors (Lipinski definition) is 3. The molecule has 0 aromatic heterocycles. The third-order valence-electron chi connectivity index (χ3n) is 2.86.